The molecule has 0 radical (unpaired) electrons. The average molecular weight is 860 g/mol. The van der Waals surface area contributed by atoms with Crippen molar-refractivity contribution in [3.63, 3.8) is 0 Å². The number of benzene rings is 2. The largest absolute Gasteiger partial charge is 0.381 e. The number of halogens is 4. The first-order valence-corrected chi connectivity index (χ1v) is 18.5. The van der Waals surface area contributed by atoms with Crippen molar-refractivity contribution in [2.75, 3.05) is 37.1 Å². The van der Waals surface area contributed by atoms with Gasteiger partial charge in [0, 0.05) is 41.5 Å². The molecule has 1 aliphatic rings. The molecule has 0 saturated carbocycles. The van der Waals surface area contributed by atoms with Crippen LogP contribution in [0.4, 0.5) is 0 Å². The lowest BCUT2D eigenvalue weighted by molar-refractivity contribution is 0.0646. The fourth-order valence-electron chi connectivity index (χ4n) is 3.75. The zero-order valence-corrected chi connectivity index (χ0v) is 30.5. The van der Waals surface area contributed by atoms with Crippen LogP contribution in [0.3, 0.4) is 0 Å². The number of ether oxygens (including phenoxy) is 2. The van der Waals surface area contributed by atoms with Gasteiger partial charge in [0.2, 0.25) is 0 Å². The van der Waals surface area contributed by atoms with Crippen molar-refractivity contribution in [1.82, 2.24) is 9.97 Å². The quantitative estimate of drug-likeness (QED) is 0.100. The van der Waals surface area contributed by atoms with Gasteiger partial charge in [-0.05, 0) is 24.3 Å². The highest BCUT2D eigenvalue weighted by Gasteiger charge is 2.43. The van der Waals surface area contributed by atoms with Crippen LogP contribution in [0.1, 0.15) is 22.9 Å². The van der Waals surface area contributed by atoms with Gasteiger partial charge in [-0.1, -0.05) is 88.0 Å². The number of nitrogens with zero attached hydrogens (tertiary/aromatic N) is 4. The molecule has 0 unspecified atom stereocenters. The molecule has 0 aliphatic carbocycles. The fraction of sp³-hybridized carbons (Fsp3) is 0.333. The van der Waals surface area contributed by atoms with Crippen molar-refractivity contribution in [3.8, 4) is 28.6 Å². The summed E-state index contributed by atoms with van der Waals surface area (Å²) in [4.78, 5) is 13.0. The topological polar surface area (TPSA) is 72.4 Å². The standard InChI is InChI=1S/C15H13BrN2OS.C11H7BrN2S.C4H8Br2O/c1-17-15(6-8-19-9-7-15)14-18-13(10-20-14)11-2-4-12(16)5-3-11;12-9-3-1-8(2-4-9)10-7-15-11(14-10)5-6-13;5-1-3-7-4-2-6/h2-5,10H,6-9H2;1-4,7H,5H2;1-4H2. The van der Waals surface area contributed by atoms with E-state index in [0.717, 1.165) is 78.2 Å². The molecule has 0 bridgehead atoms. The van der Waals surface area contributed by atoms with Crippen LogP contribution < -0.4 is 0 Å². The van der Waals surface area contributed by atoms with Gasteiger partial charge in [0.25, 0.3) is 5.54 Å². The maximum Gasteiger partial charge on any atom is 0.287 e. The summed E-state index contributed by atoms with van der Waals surface area (Å²) in [5, 5.41) is 16.2. The second-order valence-electron chi connectivity index (χ2n) is 8.76. The summed E-state index contributed by atoms with van der Waals surface area (Å²) < 4.78 is 12.5. The van der Waals surface area contributed by atoms with E-state index in [4.69, 9.17) is 26.3 Å². The smallest absolute Gasteiger partial charge is 0.287 e. The van der Waals surface area contributed by atoms with Gasteiger partial charge >= 0.3 is 0 Å². The molecule has 0 N–H and O–H groups in total. The molecule has 3 heterocycles. The molecule has 1 fully saturated rings. The van der Waals surface area contributed by atoms with Crippen LogP contribution in [-0.2, 0) is 21.4 Å². The zero-order chi connectivity index (χ0) is 30.2. The van der Waals surface area contributed by atoms with E-state index in [1.165, 1.54) is 11.3 Å². The molecule has 4 aromatic rings. The molecule has 12 heteroatoms. The monoisotopic (exact) mass is 856 g/mol. The summed E-state index contributed by atoms with van der Waals surface area (Å²) in [6, 6.07) is 18.2. The predicted octanol–water partition coefficient (Wildman–Crippen LogP) is 9.93. The van der Waals surface area contributed by atoms with Crippen LogP contribution in [0, 0.1) is 17.9 Å². The van der Waals surface area contributed by atoms with Crippen molar-refractivity contribution < 1.29 is 9.47 Å². The van der Waals surface area contributed by atoms with Crippen LogP contribution >= 0.6 is 86.4 Å². The Morgan fingerprint density at radius 3 is 1.90 bits per heavy atom. The second kappa shape index (κ2) is 19.0. The third kappa shape index (κ3) is 10.9. The molecule has 42 heavy (non-hydrogen) atoms. The van der Waals surface area contributed by atoms with Gasteiger partial charge in [0.05, 0.1) is 63.1 Å². The maximum absolute atomic E-state index is 8.55. The maximum atomic E-state index is 8.55. The molecule has 1 aliphatic heterocycles. The van der Waals surface area contributed by atoms with Crippen molar-refractivity contribution in [1.29, 1.82) is 5.26 Å². The highest BCUT2D eigenvalue weighted by atomic mass is 79.9. The minimum Gasteiger partial charge on any atom is -0.381 e. The van der Waals surface area contributed by atoms with Crippen molar-refractivity contribution >= 4 is 86.4 Å². The molecule has 1 saturated heterocycles. The Kier molecular flexibility index (Phi) is 15.9. The molecular formula is C30H28Br4N4O2S2. The number of aromatic nitrogens is 2. The third-order valence-corrected chi connectivity index (χ3v) is 9.53. The van der Waals surface area contributed by atoms with Crippen LogP contribution in [0.2, 0.25) is 0 Å². The lowest BCUT2D eigenvalue weighted by atomic mass is 9.92. The first-order valence-electron chi connectivity index (χ1n) is 12.9. The summed E-state index contributed by atoms with van der Waals surface area (Å²) in [7, 11) is 0. The predicted molar refractivity (Wildman–Crippen MR) is 187 cm³/mol. The van der Waals surface area contributed by atoms with Gasteiger partial charge in [-0.3, -0.25) is 0 Å². The number of hydrogen-bond donors (Lipinski definition) is 0. The Bertz CT molecular complexity index is 1440. The lowest BCUT2D eigenvalue weighted by Gasteiger charge is -2.24. The summed E-state index contributed by atoms with van der Waals surface area (Å²) in [5.74, 6) is 0. The summed E-state index contributed by atoms with van der Waals surface area (Å²) >= 11 is 16.4. The van der Waals surface area contributed by atoms with Gasteiger partial charge in [0.15, 0.2) is 5.01 Å². The van der Waals surface area contributed by atoms with E-state index < -0.39 is 5.54 Å². The second-order valence-corrected chi connectivity index (χ2v) is 14.0. The van der Waals surface area contributed by atoms with E-state index in [2.05, 4.69) is 79.6 Å². The Balaban J connectivity index is 0.000000194. The van der Waals surface area contributed by atoms with Crippen LogP contribution in [0.25, 0.3) is 27.4 Å². The van der Waals surface area contributed by atoms with Crippen LogP contribution in [-0.4, -0.2) is 47.1 Å². The van der Waals surface area contributed by atoms with Gasteiger partial charge in [-0.2, -0.15) is 5.26 Å². The lowest BCUT2D eigenvalue weighted by Crippen LogP contribution is -2.30. The zero-order valence-electron chi connectivity index (χ0n) is 22.6. The SMILES string of the molecule is BrCCOCCBr.N#CCc1nc(-c2ccc(Br)cc2)cs1.[C-]#[N+]C1(c2nc(-c3ccc(Br)cc3)cs2)CCOCC1. The molecular weight excluding hydrogens is 832 g/mol. The molecule has 2 aromatic heterocycles. The normalized spacial score (nSPS) is 13.5. The molecule has 0 atom stereocenters. The molecule has 2 aromatic carbocycles. The minimum atomic E-state index is -0.476. The van der Waals surface area contributed by atoms with E-state index in [-0.39, 0.29) is 0 Å². The van der Waals surface area contributed by atoms with Crippen LogP contribution in [0.15, 0.2) is 68.2 Å². The molecule has 220 valence electrons. The number of thiazole rings is 2. The Labute approximate surface area is 288 Å². The fourth-order valence-corrected chi connectivity index (χ4v) is 6.50. The Morgan fingerprint density at radius 2 is 1.40 bits per heavy atom. The van der Waals surface area contributed by atoms with Gasteiger partial charge < -0.3 is 14.3 Å². The molecule has 5 rings (SSSR count). The van der Waals surface area contributed by atoms with Crippen LogP contribution in [0.5, 0.6) is 0 Å². The van der Waals surface area contributed by atoms with E-state index in [1.54, 1.807) is 11.3 Å². The van der Waals surface area contributed by atoms with Crippen molar-refractivity contribution in [2.24, 2.45) is 0 Å². The third-order valence-electron chi connectivity index (χ3n) is 5.94. The number of hydrogen-bond acceptors (Lipinski definition) is 7. The highest BCUT2D eigenvalue weighted by Crippen LogP contribution is 2.39. The van der Waals surface area contributed by atoms with Gasteiger partial charge in [-0.15, -0.1) is 22.7 Å². The number of alkyl halides is 2. The van der Waals surface area contributed by atoms with E-state index in [0.29, 0.717) is 19.6 Å². The summed E-state index contributed by atoms with van der Waals surface area (Å²) in [6.45, 7) is 10.5. The summed E-state index contributed by atoms with van der Waals surface area (Å²) in [6.07, 6.45) is 1.87. The van der Waals surface area contributed by atoms with Crippen molar-refractivity contribution in [2.45, 2.75) is 24.8 Å². The van der Waals surface area contributed by atoms with Gasteiger partial charge in [-0.25, -0.2) is 16.5 Å². The van der Waals surface area contributed by atoms with Gasteiger partial charge in [0.1, 0.15) is 5.01 Å². The van der Waals surface area contributed by atoms with E-state index >= 15 is 0 Å². The number of nitriles is 1. The van der Waals surface area contributed by atoms with Crippen molar-refractivity contribution in [3.05, 3.63) is 89.7 Å². The molecule has 6 nitrogen and oxygen atoms in total. The number of rotatable bonds is 8. The van der Waals surface area contributed by atoms with E-state index in [1.807, 2.05) is 59.3 Å². The Hall–Kier alpha value is -1.48. The molecule has 0 amide bonds. The molecule has 0 spiro atoms. The minimum absolute atomic E-state index is 0.390. The highest BCUT2D eigenvalue weighted by molar-refractivity contribution is 9.11. The average Bonchev–Trinajstić information content (AvgIpc) is 3.71. The van der Waals surface area contributed by atoms with E-state index in [9.17, 15) is 0 Å². The first kappa shape index (κ1) is 35.0. The summed E-state index contributed by atoms with van der Waals surface area (Å²) in [5.41, 5.74) is 3.59. The Morgan fingerprint density at radius 1 is 0.881 bits per heavy atom. The first-order chi connectivity index (χ1) is 20.4.